The zero-order valence-corrected chi connectivity index (χ0v) is 15.2. The van der Waals surface area contributed by atoms with E-state index in [-0.39, 0.29) is 5.91 Å². The lowest BCUT2D eigenvalue weighted by Gasteiger charge is -2.20. The lowest BCUT2D eigenvalue weighted by molar-refractivity contribution is 0.0755. The Morgan fingerprint density at radius 2 is 2.21 bits per heavy atom. The molecule has 0 radical (unpaired) electrons. The monoisotopic (exact) mass is 347 g/mol. The zero-order valence-electron chi connectivity index (χ0n) is 14.4. The van der Waals surface area contributed by atoms with E-state index in [1.54, 1.807) is 11.3 Å². The third-order valence-corrected chi connectivity index (χ3v) is 5.12. The number of amides is 1. The van der Waals surface area contributed by atoms with E-state index < -0.39 is 0 Å². The molecule has 24 heavy (non-hydrogen) atoms. The summed E-state index contributed by atoms with van der Waals surface area (Å²) in [4.78, 5) is 21.5. The van der Waals surface area contributed by atoms with Crippen LogP contribution in [0.3, 0.4) is 0 Å². The summed E-state index contributed by atoms with van der Waals surface area (Å²) >= 11 is 1.69. The molecule has 3 heterocycles. The minimum atomic E-state index is 0.0416. The van der Waals surface area contributed by atoms with Crippen molar-refractivity contribution in [3.05, 3.63) is 33.5 Å². The highest BCUT2D eigenvalue weighted by molar-refractivity contribution is 7.09. The summed E-state index contributed by atoms with van der Waals surface area (Å²) < 4.78 is 0. The highest BCUT2D eigenvalue weighted by Gasteiger charge is 2.22. The fraction of sp³-hybridized carbons (Fsp3) is 0.588. The van der Waals surface area contributed by atoms with Gasteiger partial charge in [0.1, 0.15) is 5.69 Å². The van der Waals surface area contributed by atoms with Gasteiger partial charge in [0.25, 0.3) is 5.91 Å². The van der Waals surface area contributed by atoms with E-state index in [0.29, 0.717) is 5.69 Å². The van der Waals surface area contributed by atoms with Crippen LogP contribution in [0.5, 0.6) is 0 Å². The number of H-pyrrole nitrogens is 1. The summed E-state index contributed by atoms with van der Waals surface area (Å²) in [6, 6.07) is 1.90. The Labute approximate surface area is 146 Å². The van der Waals surface area contributed by atoms with Crippen molar-refractivity contribution in [3.8, 4) is 0 Å². The smallest absolute Gasteiger partial charge is 0.274 e. The molecule has 2 aromatic rings. The number of carbonyl (C=O) groups is 1. The summed E-state index contributed by atoms with van der Waals surface area (Å²) in [5.41, 5.74) is 2.71. The molecule has 1 aliphatic heterocycles. The zero-order chi connectivity index (χ0) is 16.9. The molecular weight excluding hydrogens is 322 g/mol. The molecule has 1 fully saturated rings. The number of nitrogens with one attached hydrogen (secondary N) is 1. The fourth-order valence-electron chi connectivity index (χ4n) is 3.07. The molecule has 130 valence electrons. The first-order chi connectivity index (χ1) is 11.7. The number of aromatic nitrogens is 3. The van der Waals surface area contributed by atoms with E-state index in [4.69, 9.17) is 0 Å². The highest BCUT2D eigenvalue weighted by atomic mass is 32.1. The largest absolute Gasteiger partial charge is 0.336 e. The van der Waals surface area contributed by atoms with Gasteiger partial charge in [-0.2, -0.15) is 5.10 Å². The number of hydrogen-bond donors (Lipinski definition) is 1. The average molecular weight is 347 g/mol. The molecule has 1 saturated heterocycles. The van der Waals surface area contributed by atoms with Crippen molar-refractivity contribution in [1.29, 1.82) is 0 Å². The Bertz CT molecular complexity index is 680. The molecule has 6 nitrogen and oxygen atoms in total. The Morgan fingerprint density at radius 3 is 2.96 bits per heavy atom. The minimum Gasteiger partial charge on any atom is -0.336 e. The lowest BCUT2D eigenvalue weighted by atomic mass is 10.2. The van der Waals surface area contributed by atoms with Crippen LogP contribution in [-0.2, 0) is 13.0 Å². The topological polar surface area (TPSA) is 65.1 Å². The minimum absolute atomic E-state index is 0.0416. The van der Waals surface area contributed by atoms with Crippen molar-refractivity contribution in [2.75, 3.05) is 26.2 Å². The third kappa shape index (κ3) is 4.21. The van der Waals surface area contributed by atoms with Gasteiger partial charge in [-0.3, -0.25) is 14.8 Å². The second-order valence-electron chi connectivity index (χ2n) is 6.31. The predicted octanol–water partition coefficient (Wildman–Crippen LogP) is 2.48. The Hall–Kier alpha value is -1.73. The van der Waals surface area contributed by atoms with E-state index in [9.17, 15) is 4.79 Å². The van der Waals surface area contributed by atoms with E-state index >= 15 is 0 Å². The van der Waals surface area contributed by atoms with Gasteiger partial charge in [-0.25, -0.2) is 4.98 Å². The van der Waals surface area contributed by atoms with E-state index in [1.165, 1.54) is 0 Å². The number of carbonyl (C=O) groups excluding carboxylic acids is 1. The molecule has 0 bridgehead atoms. The second-order valence-corrected chi connectivity index (χ2v) is 7.37. The number of aromatic amines is 1. The molecule has 0 unspecified atom stereocenters. The molecule has 7 heteroatoms. The maximum atomic E-state index is 12.7. The molecule has 0 aliphatic carbocycles. The SMILES string of the molecule is CCCc1cc(C(=O)N2CCCN(Cc3csc(C)n3)CC2)n[nH]1. The molecule has 3 rings (SSSR count). The molecular formula is C17H25N5OS. The Balaban J connectivity index is 1.57. The number of aryl methyl sites for hydroxylation is 2. The van der Waals surface area contributed by atoms with Crippen molar-refractivity contribution in [3.63, 3.8) is 0 Å². The lowest BCUT2D eigenvalue weighted by Crippen LogP contribution is -2.35. The van der Waals surface area contributed by atoms with E-state index in [1.807, 2.05) is 17.9 Å². The fourth-order valence-corrected chi connectivity index (χ4v) is 3.68. The molecule has 0 spiro atoms. The average Bonchev–Trinajstić information content (AvgIpc) is 3.12. The van der Waals surface area contributed by atoms with Gasteiger partial charge in [-0.1, -0.05) is 13.3 Å². The van der Waals surface area contributed by atoms with Crippen LogP contribution in [0.25, 0.3) is 0 Å². The van der Waals surface area contributed by atoms with Gasteiger partial charge in [0.15, 0.2) is 0 Å². The van der Waals surface area contributed by atoms with E-state index in [2.05, 4.69) is 32.4 Å². The van der Waals surface area contributed by atoms with Crippen molar-refractivity contribution in [1.82, 2.24) is 25.0 Å². The van der Waals surface area contributed by atoms with Gasteiger partial charge in [0.2, 0.25) is 0 Å². The third-order valence-electron chi connectivity index (χ3n) is 4.30. The summed E-state index contributed by atoms with van der Waals surface area (Å²) in [5, 5.41) is 10.4. The van der Waals surface area contributed by atoms with Gasteiger partial charge in [0.05, 0.1) is 10.7 Å². The van der Waals surface area contributed by atoms with Crippen molar-refractivity contribution in [2.45, 2.75) is 39.7 Å². The maximum absolute atomic E-state index is 12.7. The highest BCUT2D eigenvalue weighted by Crippen LogP contribution is 2.14. The molecule has 2 aromatic heterocycles. The van der Waals surface area contributed by atoms with Gasteiger partial charge >= 0.3 is 0 Å². The molecule has 0 aromatic carbocycles. The number of hydrogen-bond acceptors (Lipinski definition) is 5. The second kappa shape index (κ2) is 7.90. The molecule has 1 aliphatic rings. The summed E-state index contributed by atoms with van der Waals surface area (Å²) in [6.07, 6.45) is 2.97. The van der Waals surface area contributed by atoms with Crippen LogP contribution in [0.4, 0.5) is 0 Å². The van der Waals surface area contributed by atoms with Crippen molar-refractivity contribution in [2.24, 2.45) is 0 Å². The van der Waals surface area contributed by atoms with Crippen molar-refractivity contribution >= 4 is 17.2 Å². The van der Waals surface area contributed by atoms with Crippen LogP contribution in [-0.4, -0.2) is 57.1 Å². The quantitative estimate of drug-likeness (QED) is 0.902. The first-order valence-electron chi connectivity index (χ1n) is 8.62. The number of rotatable bonds is 5. The number of thiazole rings is 1. The molecule has 0 saturated carbocycles. The normalized spacial score (nSPS) is 16.3. The van der Waals surface area contributed by atoms with Gasteiger partial charge in [-0.05, 0) is 25.8 Å². The van der Waals surface area contributed by atoms with Crippen LogP contribution in [0.15, 0.2) is 11.4 Å². The van der Waals surface area contributed by atoms with Crippen LogP contribution in [0, 0.1) is 6.92 Å². The van der Waals surface area contributed by atoms with Gasteiger partial charge in [-0.15, -0.1) is 11.3 Å². The van der Waals surface area contributed by atoms with Gasteiger partial charge < -0.3 is 4.90 Å². The Kier molecular flexibility index (Phi) is 5.63. The summed E-state index contributed by atoms with van der Waals surface area (Å²) in [7, 11) is 0. The summed E-state index contributed by atoms with van der Waals surface area (Å²) in [6.45, 7) is 8.45. The Morgan fingerprint density at radius 1 is 1.33 bits per heavy atom. The van der Waals surface area contributed by atoms with E-state index in [0.717, 1.165) is 68.4 Å². The summed E-state index contributed by atoms with van der Waals surface area (Å²) in [5.74, 6) is 0.0416. The van der Waals surface area contributed by atoms with Crippen LogP contribution in [0.2, 0.25) is 0 Å². The van der Waals surface area contributed by atoms with Crippen LogP contribution >= 0.6 is 11.3 Å². The molecule has 1 N–H and O–H groups in total. The molecule has 1 amide bonds. The van der Waals surface area contributed by atoms with Crippen molar-refractivity contribution < 1.29 is 4.79 Å². The standard InChI is InChI=1S/C17H25N5OS/c1-3-5-14-10-16(20-19-14)17(23)22-7-4-6-21(8-9-22)11-15-12-24-13(2)18-15/h10,12H,3-9,11H2,1-2H3,(H,19,20). The predicted molar refractivity (Wildman–Crippen MR) is 95.2 cm³/mol. The van der Waals surface area contributed by atoms with Crippen LogP contribution in [0.1, 0.15) is 46.6 Å². The number of nitrogens with zero attached hydrogens (tertiary/aromatic N) is 4. The maximum Gasteiger partial charge on any atom is 0.274 e. The first-order valence-corrected chi connectivity index (χ1v) is 9.50. The van der Waals surface area contributed by atoms with Crippen LogP contribution < -0.4 is 0 Å². The van der Waals surface area contributed by atoms with Gasteiger partial charge in [0, 0.05) is 43.8 Å². The first kappa shape index (κ1) is 17.1. The molecule has 0 atom stereocenters.